The Morgan fingerprint density at radius 1 is 1.00 bits per heavy atom. The first-order valence-corrected chi connectivity index (χ1v) is 14.9. The number of amides is 3. The minimum Gasteiger partial charge on any atom is -0.394 e. The maximum Gasteiger partial charge on any atom is 0.247 e. The minimum atomic E-state index is -0.910. The van der Waals surface area contributed by atoms with Crippen molar-refractivity contribution < 1.29 is 19.5 Å². The van der Waals surface area contributed by atoms with E-state index >= 15 is 0 Å². The number of carbonyl (C=O) groups is 3. The molecule has 1 aromatic carbocycles. The Kier molecular flexibility index (Phi) is 7.25. The summed E-state index contributed by atoms with van der Waals surface area (Å²) in [7, 11) is 0. The summed E-state index contributed by atoms with van der Waals surface area (Å²) in [5.74, 6) is -1.64. The monoisotopic (exact) mass is 551 g/mol. The van der Waals surface area contributed by atoms with Crippen molar-refractivity contribution in [1.82, 2.24) is 14.7 Å². The van der Waals surface area contributed by atoms with Crippen LogP contribution in [0.5, 0.6) is 0 Å². The summed E-state index contributed by atoms with van der Waals surface area (Å²) in [6, 6.07) is 8.36. The van der Waals surface area contributed by atoms with Crippen molar-refractivity contribution in [1.29, 1.82) is 0 Å². The fraction of sp³-hybridized carbons (Fsp3) is 0.581. The molecule has 1 unspecified atom stereocenters. The number of hydrogen-bond acceptors (Lipinski definition) is 5. The van der Waals surface area contributed by atoms with Crippen LogP contribution < -0.4 is 0 Å². The van der Waals surface area contributed by atoms with Gasteiger partial charge in [-0.15, -0.1) is 11.8 Å². The van der Waals surface area contributed by atoms with E-state index in [9.17, 15) is 19.5 Å². The van der Waals surface area contributed by atoms with Crippen LogP contribution in [0.15, 0.2) is 54.6 Å². The molecule has 8 heteroatoms. The van der Waals surface area contributed by atoms with Crippen LogP contribution >= 0.6 is 11.8 Å². The number of aliphatic hydroxyl groups excluding tert-OH is 1. The molecule has 3 amide bonds. The van der Waals surface area contributed by atoms with Crippen LogP contribution in [0.25, 0.3) is 0 Å². The summed E-state index contributed by atoms with van der Waals surface area (Å²) >= 11 is 1.59. The Bertz CT molecular complexity index is 1190. The van der Waals surface area contributed by atoms with Gasteiger partial charge in [-0.05, 0) is 46.1 Å². The van der Waals surface area contributed by atoms with Gasteiger partial charge in [0.15, 0.2) is 0 Å². The maximum atomic E-state index is 14.7. The summed E-state index contributed by atoms with van der Waals surface area (Å²) < 4.78 is -1.53. The Morgan fingerprint density at radius 2 is 1.69 bits per heavy atom. The first kappa shape index (κ1) is 28.0. The largest absolute Gasteiger partial charge is 0.394 e. The van der Waals surface area contributed by atoms with E-state index in [4.69, 9.17) is 0 Å². The molecule has 4 aliphatic heterocycles. The fourth-order valence-corrected chi connectivity index (χ4v) is 9.26. The molecular weight excluding hydrogens is 510 g/mol. The van der Waals surface area contributed by atoms with E-state index in [2.05, 4.69) is 12.2 Å². The molecule has 0 bridgehead atoms. The maximum absolute atomic E-state index is 14.7. The average molecular weight is 552 g/mol. The summed E-state index contributed by atoms with van der Waals surface area (Å²) in [5, 5.41) is 10.7. The molecule has 2 saturated heterocycles. The van der Waals surface area contributed by atoms with Gasteiger partial charge in [0.1, 0.15) is 6.04 Å². The van der Waals surface area contributed by atoms with Gasteiger partial charge in [0.2, 0.25) is 17.7 Å². The second kappa shape index (κ2) is 10.1. The molecule has 1 spiro atoms. The number of hydrogen-bond donors (Lipinski definition) is 1. The summed E-state index contributed by atoms with van der Waals surface area (Å²) in [4.78, 5) is 48.7. The normalized spacial score (nSPS) is 33.1. The molecule has 4 heterocycles. The molecule has 39 heavy (non-hydrogen) atoms. The summed E-state index contributed by atoms with van der Waals surface area (Å²) in [5.41, 5.74) is 0.527. The standard InChI is InChI=1S/C31H41N3O4S/c1-6-16-32-17-10-14-30(5)23(26(32)36)24-27(37)34(22(20-35)19-21-12-8-7-9-13-21)25-28(38)33(29(2,3)4)18-11-15-31(24,25)39-30/h7-15,22-25,35H,6,16-20H2,1-5H3/t22-,23-,24+,25?,30+,31+/m1/s1. The molecule has 0 aliphatic carbocycles. The minimum absolute atomic E-state index is 0.0194. The number of rotatable bonds is 6. The Labute approximate surface area is 236 Å². The lowest BCUT2D eigenvalue weighted by molar-refractivity contribution is -0.149. The lowest BCUT2D eigenvalue weighted by Gasteiger charge is -2.42. The number of fused-ring (bicyclic) bond motifs is 2. The van der Waals surface area contributed by atoms with Crippen LogP contribution in [0.3, 0.4) is 0 Å². The third-order valence-electron chi connectivity index (χ3n) is 8.80. The van der Waals surface area contributed by atoms with Crippen molar-refractivity contribution in [3.8, 4) is 0 Å². The highest BCUT2D eigenvalue weighted by atomic mass is 32.2. The fourth-order valence-electron chi connectivity index (χ4n) is 7.12. The number of benzene rings is 1. The van der Waals surface area contributed by atoms with Crippen molar-refractivity contribution in [3.63, 3.8) is 0 Å². The highest BCUT2D eigenvalue weighted by Gasteiger charge is 2.74. The van der Waals surface area contributed by atoms with Gasteiger partial charge in [-0.1, -0.05) is 61.6 Å². The molecule has 2 fully saturated rings. The van der Waals surface area contributed by atoms with Gasteiger partial charge in [-0.3, -0.25) is 14.4 Å². The first-order valence-electron chi connectivity index (χ1n) is 14.1. The van der Waals surface area contributed by atoms with Gasteiger partial charge in [-0.2, -0.15) is 0 Å². The third-order valence-corrected chi connectivity index (χ3v) is 10.6. The Hall–Kier alpha value is -2.58. The smallest absolute Gasteiger partial charge is 0.247 e. The average Bonchev–Trinajstić information content (AvgIpc) is 3.16. The summed E-state index contributed by atoms with van der Waals surface area (Å²) in [6.07, 6.45) is 9.46. The number of nitrogens with zero attached hydrogens (tertiary/aromatic N) is 3. The zero-order valence-electron chi connectivity index (χ0n) is 23.7. The Balaban J connectivity index is 1.66. The molecular formula is C31H41N3O4S. The van der Waals surface area contributed by atoms with E-state index < -0.39 is 39.0 Å². The van der Waals surface area contributed by atoms with Gasteiger partial charge >= 0.3 is 0 Å². The molecule has 0 radical (unpaired) electrons. The van der Waals surface area contributed by atoms with Gasteiger partial charge in [0, 0.05) is 29.9 Å². The third kappa shape index (κ3) is 4.44. The number of aliphatic hydroxyl groups is 1. The van der Waals surface area contributed by atoms with Crippen molar-refractivity contribution in [3.05, 3.63) is 60.2 Å². The van der Waals surface area contributed by atoms with Crippen molar-refractivity contribution in [2.45, 2.75) is 74.6 Å². The first-order chi connectivity index (χ1) is 18.5. The number of carbonyl (C=O) groups excluding carboxylic acids is 3. The van der Waals surface area contributed by atoms with Crippen molar-refractivity contribution in [2.24, 2.45) is 11.8 Å². The zero-order valence-corrected chi connectivity index (χ0v) is 24.5. The van der Waals surface area contributed by atoms with Crippen LogP contribution in [-0.4, -0.2) is 90.9 Å². The highest BCUT2D eigenvalue weighted by molar-refractivity contribution is 8.02. The zero-order chi connectivity index (χ0) is 28.2. The molecule has 5 rings (SSSR count). The van der Waals surface area contributed by atoms with E-state index in [1.54, 1.807) is 16.7 Å². The van der Waals surface area contributed by atoms with E-state index in [1.807, 2.05) is 86.9 Å². The quantitative estimate of drug-likeness (QED) is 0.549. The number of thioether (sulfide) groups is 1. The summed E-state index contributed by atoms with van der Waals surface area (Å²) in [6.45, 7) is 11.4. The lowest BCUT2D eigenvalue weighted by atomic mass is 9.74. The van der Waals surface area contributed by atoms with Crippen molar-refractivity contribution >= 4 is 29.5 Å². The van der Waals surface area contributed by atoms with E-state index in [-0.39, 0.29) is 24.3 Å². The molecule has 1 aromatic rings. The highest BCUT2D eigenvalue weighted by Crippen LogP contribution is 2.66. The molecule has 7 nitrogen and oxygen atoms in total. The molecule has 0 saturated carbocycles. The Morgan fingerprint density at radius 3 is 2.33 bits per heavy atom. The van der Waals surface area contributed by atoms with Crippen LogP contribution in [0.2, 0.25) is 0 Å². The van der Waals surface area contributed by atoms with Crippen LogP contribution in [0.1, 0.15) is 46.6 Å². The van der Waals surface area contributed by atoms with Crippen LogP contribution in [0.4, 0.5) is 0 Å². The van der Waals surface area contributed by atoms with Crippen LogP contribution in [0, 0.1) is 11.8 Å². The van der Waals surface area contributed by atoms with Gasteiger partial charge in [0.05, 0.1) is 29.2 Å². The predicted octanol–water partition coefficient (Wildman–Crippen LogP) is 3.28. The molecule has 1 N–H and O–H groups in total. The van der Waals surface area contributed by atoms with Crippen LogP contribution in [-0.2, 0) is 20.8 Å². The topological polar surface area (TPSA) is 81.2 Å². The van der Waals surface area contributed by atoms with Crippen molar-refractivity contribution in [2.75, 3.05) is 26.2 Å². The molecule has 4 aliphatic rings. The second-order valence-corrected chi connectivity index (χ2v) is 14.3. The van der Waals surface area contributed by atoms with Gasteiger partial charge in [-0.25, -0.2) is 0 Å². The predicted molar refractivity (Wildman–Crippen MR) is 154 cm³/mol. The van der Waals surface area contributed by atoms with E-state index in [0.29, 0.717) is 26.1 Å². The molecule has 0 aromatic heterocycles. The number of likely N-dealkylation sites (tertiary alicyclic amines) is 1. The molecule has 6 atom stereocenters. The SMILES string of the molecule is CCCN1CC=C[C@]2(C)S[C@]34C=CCN(C(C)(C)C)C(=O)C3N([C@@H](CO)Cc3ccccc3)C(=O)[C@@H]4[C@@H]2C1=O. The molecule has 210 valence electrons. The van der Waals surface area contributed by atoms with E-state index in [1.165, 1.54) is 0 Å². The van der Waals surface area contributed by atoms with Gasteiger partial charge < -0.3 is 19.8 Å². The van der Waals surface area contributed by atoms with Gasteiger partial charge in [0.25, 0.3) is 0 Å². The van der Waals surface area contributed by atoms with E-state index in [0.717, 1.165) is 12.0 Å². The lowest BCUT2D eigenvalue weighted by Crippen LogP contribution is -2.60. The second-order valence-electron chi connectivity index (χ2n) is 12.5.